The molecule has 1 atom stereocenters. The van der Waals surface area contributed by atoms with Gasteiger partial charge in [-0.25, -0.2) is 0 Å². The van der Waals surface area contributed by atoms with Gasteiger partial charge in [0.2, 0.25) is 0 Å². The maximum Gasteiger partial charge on any atom is 0.258 e. The zero-order valence-corrected chi connectivity index (χ0v) is 18.6. The zero-order valence-electron chi connectivity index (χ0n) is 17.9. The van der Waals surface area contributed by atoms with E-state index in [2.05, 4.69) is 0 Å². The summed E-state index contributed by atoms with van der Waals surface area (Å²) in [5, 5.41) is 1.88. The number of rotatable bonds is 6. The number of pyridine rings is 1. The summed E-state index contributed by atoms with van der Waals surface area (Å²) >= 11 is 6.10. The summed E-state index contributed by atoms with van der Waals surface area (Å²) in [7, 11) is 3.27. The van der Waals surface area contributed by atoms with E-state index in [4.69, 9.17) is 21.1 Å². The molecule has 0 spiro atoms. The first-order valence-corrected chi connectivity index (χ1v) is 10.1. The van der Waals surface area contributed by atoms with Crippen LogP contribution in [0.4, 0.5) is 0 Å². The number of benzene rings is 2. The molecule has 5 nitrogen and oxygen atoms in total. The molecule has 0 saturated heterocycles. The van der Waals surface area contributed by atoms with E-state index >= 15 is 0 Å². The summed E-state index contributed by atoms with van der Waals surface area (Å²) in [6.07, 6.45) is 0.839. The maximum atomic E-state index is 13.2. The highest BCUT2D eigenvalue weighted by molar-refractivity contribution is 6.30. The summed E-state index contributed by atoms with van der Waals surface area (Å²) in [6.45, 7) is 5.95. The molecule has 0 amide bonds. The van der Waals surface area contributed by atoms with E-state index in [0.717, 1.165) is 22.8 Å². The molecule has 1 aromatic heterocycles. The molecule has 1 heterocycles. The van der Waals surface area contributed by atoms with Gasteiger partial charge in [-0.15, -0.1) is 0 Å². The summed E-state index contributed by atoms with van der Waals surface area (Å²) in [5.41, 5.74) is 1.65. The zero-order chi connectivity index (χ0) is 22.1. The van der Waals surface area contributed by atoms with Crippen LogP contribution >= 0.6 is 11.6 Å². The molecule has 0 bridgehead atoms. The first-order chi connectivity index (χ1) is 14.2. The van der Waals surface area contributed by atoms with Crippen molar-refractivity contribution in [3.8, 4) is 16.9 Å². The van der Waals surface area contributed by atoms with Crippen molar-refractivity contribution >= 4 is 28.7 Å². The lowest BCUT2D eigenvalue weighted by Gasteiger charge is -2.25. The van der Waals surface area contributed by atoms with Gasteiger partial charge >= 0.3 is 0 Å². The van der Waals surface area contributed by atoms with Crippen molar-refractivity contribution in [3.05, 3.63) is 63.5 Å². The lowest BCUT2D eigenvalue weighted by Crippen LogP contribution is -2.29. The van der Waals surface area contributed by atoms with E-state index in [1.807, 2.05) is 39.0 Å². The van der Waals surface area contributed by atoms with Crippen molar-refractivity contribution < 1.29 is 14.3 Å². The SMILES string of the molecule is COc1ccc2c(=O)n(C)c(C(C=O)COC(C)(C)C)c(-c3ccc(Cl)cc3)c2c1. The number of methoxy groups -OCH3 is 1. The van der Waals surface area contributed by atoms with Crippen LogP contribution in [0.15, 0.2) is 47.3 Å². The summed E-state index contributed by atoms with van der Waals surface area (Å²) in [5.74, 6) is 0.00807. The Hall–Kier alpha value is -2.63. The molecule has 0 aliphatic carbocycles. The minimum absolute atomic E-state index is 0.163. The number of halogens is 1. The predicted molar refractivity (Wildman–Crippen MR) is 121 cm³/mol. The molecule has 1 unspecified atom stereocenters. The van der Waals surface area contributed by atoms with Crippen LogP contribution in [-0.2, 0) is 16.6 Å². The molecule has 158 valence electrons. The van der Waals surface area contributed by atoms with Crippen molar-refractivity contribution in [2.75, 3.05) is 13.7 Å². The standard InChI is InChI=1S/C24H26ClNO4/c1-24(2,3)30-14-16(13-27)22-21(15-6-8-17(25)9-7-15)20-12-18(29-5)10-11-19(20)23(28)26(22)4/h6-13,16H,14H2,1-5H3. The molecule has 0 fully saturated rings. The van der Waals surface area contributed by atoms with Crippen molar-refractivity contribution in [2.45, 2.75) is 32.3 Å². The van der Waals surface area contributed by atoms with E-state index in [1.54, 1.807) is 43.0 Å². The second kappa shape index (κ2) is 8.62. The van der Waals surface area contributed by atoms with Gasteiger partial charge in [-0.3, -0.25) is 4.79 Å². The van der Waals surface area contributed by atoms with Crippen LogP contribution in [0.3, 0.4) is 0 Å². The van der Waals surface area contributed by atoms with Gasteiger partial charge in [0.25, 0.3) is 5.56 Å². The van der Waals surface area contributed by atoms with Crippen LogP contribution in [0, 0.1) is 0 Å². The maximum absolute atomic E-state index is 13.2. The van der Waals surface area contributed by atoms with Crippen molar-refractivity contribution in [1.29, 1.82) is 0 Å². The number of aromatic nitrogens is 1. The predicted octanol–water partition coefficient (Wildman–Crippen LogP) is 4.97. The van der Waals surface area contributed by atoms with Gasteiger partial charge in [-0.2, -0.15) is 0 Å². The molecule has 0 aliphatic rings. The Kier molecular flexibility index (Phi) is 6.34. The third-order valence-corrected chi connectivity index (χ3v) is 5.24. The minimum atomic E-state index is -0.622. The molecule has 0 N–H and O–H groups in total. The van der Waals surface area contributed by atoms with Crippen molar-refractivity contribution in [2.24, 2.45) is 7.05 Å². The smallest absolute Gasteiger partial charge is 0.258 e. The Bertz CT molecular complexity index is 1130. The quantitative estimate of drug-likeness (QED) is 0.521. The number of ether oxygens (including phenoxy) is 2. The van der Waals surface area contributed by atoms with E-state index in [9.17, 15) is 9.59 Å². The highest BCUT2D eigenvalue weighted by Crippen LogP contribution is 2.36. The van der Waals surface area contributed by atoms with Crippen molar-refractivity contribution in [1.82, 2.24) is 4.57 Å². The largest absolute Gasteiger partial charge is 0.497 e. The van der Waals surface area contributed by atoms with Crippen LogP contribution in [0.1, 0.15) is 32.4 Å². The molecule has 30 heavy (non-hydrogen) atoms. The molecule has 2 aromatic carbocycles. The second-order valence-corrected chi connectivity index (χ2v) is 8.65. The van der Waals surface area contributed by atoms with Crippen LogP contribution in [0.25, 0.3) is 21.9 Å². The van der Waals surface area contributed by atoms with E-state index in [-0.39, 0.29) is 12.2 Å². The number of carbonyl (C=O) groups excluding carboxylic acids is 1. The number of hydrogen-bond acceptors (Lipinski definition) is 4. The third kappa shape index (κ3) is 4.42. The lowest BCUT2D eigenvalue weighted by molar-refractivity contribution is -0.112. The molecule has 0 saturated carbocycles. The van der Waals surface area contributed by atoms with E-state index in [0.29, 0.717) is 21.9 Å². The Morgan fingerprint density at radius 1 is 1.10 bits per heavy atom. The average molecular weight is 428 g/mol. The van der Waals surface area contributed by atoms with Gasteiger partial charge < -0.3 is 18.8 Å². The third-order valence-electron chi connectivity index (χ3n) is 4.99. The molecule has 0 aliphatic heterocycles. The van der Waals surface area contributed by atoms with Gasteiger partial charge in [0, 0.05) is 34.1 Å². The van der Waals surface area contributed by atoms with Gasteiger partial charge in [-0.1, -0.05) is 23.7 Å². The van der Waals surface area contributed by atoms with Crippen LogP contribution < -0.4 is 10.3 Å². The van der Waals surface area contributed by atoms with Crippen LogP contribution in [0.5, 0.6) is 5.75 Å². The van der Waals surface area contributed by atoms with E-state index in [1.165, 1.54) is 0 Å². The first kappa shape index (κ1) is 22.1. The number of carbonyl (C=O) groups is 1. The summed E-state index contributed by atoms with van der Waals surface area (Å²) in [6, 6.07) is 12.7. The highest BCUT2D eigenvalue weighted by atomic mass is 35.5. The fourth-order valence-corrected chi connectivity index (χ4v) is 3.64. The highest BCUT2D eigenvalue weighted by Gasteiger charge is 2.25. The fourth-order valence-electron chi connectivity index (χ4n) is 3.52. The Balaban J connectivity index is 2.37. The fraction of sp³-hybridized carbons (Fsp3) is 0.333. The molecule has 3 aromatic rings. The number of aldehydes is 1. The van der Waals surface area contributed by atoms with E-state index < -0.39 is 11.5 Å². The van der Waals surface area contributed by atoms with Gasteiger partial charge in [0.15, 0.2) is 0 Å². The number of nitrogens with zero attached hydrogens (tertiary/aromatic N) is 1. The van der Waals surface area contributed by atoms with Crippen molar-refractivity contribution in [3.63, 3.8) is 0 Å². The molecular formula is C24H26ClNO4. The normalized spacial score (nSPS) is 12.7. The summed E-state index contributed by atoms with van der Waals surface area (Å²) in [4.78, 5) is 25.3. The van der Waals surface area contributed by atoms with Gasteiger partial charge in [0.1, 0.15) is 12.0 Å². The monoisotopic (exact) mass is 427 g/mol. The Morgan fingerprint density at radius 3 is 2.33 bits per heavy atom. The second-order valence-electron chi connectivity index (χ2n) is 8.21. The average Bonchev–Trinajstić information content (AvgIpc) is 2.71. The Labute approximate surface area is 181 Å². The topological polar surface area (TPSA) is 57.5 Å². The lowest BCUT2D eigenvalue weighted by atomic mass is 9.91. The number of fused-ring (bicyclic) bond motifs is 1. The minimum Gasteiger partial charge on any atom is -0.497 e. The molecule has 3 rings (SSSR count). The van der Waals surface area contributed by atoms with Crippen LogP contribution in [0.2, 0.25) is 5.02 Å². The first-order valence-electron chi connectivity index (χ1n) is 9.72. The number of hydrogen-bond donors (Lipinski definition) is 0. The summed E-state index contributed by atoms with van der Waals surface area (Å²) < 4.78 is 12.8. The molecule has 0 radical (unpaired) electrons. The Morgan fingerprint density at radius 2 is 1.77 bits per heavy atom. The van der Waals surface area contributed by atoms with Crippen LogP contribution in [-0.4, -0.2) is 30.2 Å². The van der Waals surface area contributed by atoms with Gasteiger partial charge in [0.05, 0.1) is 25.2 Å². The van der Waals surface area contributed by atoms with Gasteiger partial charge in [-0.05, 0) is 56.7 Å². The molecular weight excluding hydrogens is 402 g/mol. The molecule has 6 heteroatoms.